The predicted molar refractivity (Wildman–Crippen MR) is 73.8 cm³/mol. The van der Waals surface area contributed by atoms with Gasteiger partial charge in [-0.15, -0.1) is 0 Å². The van der Waals surface area contributed by atoms with E-state index in [0.717, 1.165) is 18.8 Å². The van der Waals surface area contributed by atoms with Gasteiger partial charge in [-0.25, -0.2) is 0 Å². The lowest BCUT2D eigenvalue weighted by Gasteiger charge is -2.19. The predicted octanol–water partition coefficient (Wildman–Crippen LogP) is 3.58. The van der Waals surface area contributed by atoms with Gasteiger partial charge in [-0.05, 0) is 49.2 Å². The monoisotopic (exact) mass is 235 g/mol. The van der Waals surface area contributed by atoms with Crippen molar-refractivity contribution < 1.29 is 4.74 Å². The van der Waals surface area contributed by atoms with Gasteiger partial charge < -0.3 is 9.64 Å². The molecule has 0 bridgehead atoms. The summed E-state index contributed by atoms with van der Waals surface area (Å²) >= 11 is 0. The molecule has 1 aromatic rings. The summed E-state index contributed by atoms with van der Waals surface area (Å²) in [6, 6.07) is 4.46. The Morgan fingerprint density at radius 1 is 1.29 bits per heavy atom. The van der Waals surface area contributed by atoms with Crippen LogP contribution in [-0.4, -0.2) is 25.6 Å². The van der Waals surface area contributed by atoms with E-state index in [2.05, 4.69) is 51.8 Å². The van der Waals surface area contributed by atoms with Gasteiger partial charge >= 0.3 is 0 Å². The average molecular weight is 235 g/mol. The highest BCUT2D eigenvalue weighted by Crippen LogP contribution is 2.29. The molecule has 17 heavy (non-hydrogen) atoms. The molecule has 1 rings (SSSR count). The lowest BCUT2D eigenvalue weighted by molar-refractivity contribution is 0.344. The van der Waals surface area contributed by atoms with Crippen molar-refractivity contribution in [2.45, 2.75) is 40.2 Å². The van der Waals surface area contributed by atoms with E-state index in [-0.39, 0.29) is 0 Å². The maximum atomic E-state index is 5.46. The number of hydrogen-bond donors (Lipinski definition) is 0. The van der Waals surface area contributed by atoms with Crippen molar-refractivity contribution in [2.24, 2.45) is 0 Å². The van der Waals surface area contributed by atoms with Crippen LogP contribution >= 0.6 is 0 Å². The number of nitrogens with zero attached hydrogens (tertiary/aromatic N) is 1. The lowest BCUT2D eigenvalue weighted by atomic mass is 9.96. The van der Waals surface area contributed by atoms with Crippen LogP contribution in [0.1, 0.15) is 43.4 Å². The van der Waals surface area contributed by atoms with Gasteiger partial charge in [0, 0.05) is 6.54 Å². The number of rotatable bonds is 5. The summed E-state index contributed by atoms with van der Waals surface area (Å²) in [5, 5.41) is 0. The molecule has 1 aromatic carbocycles. The van der Waals surface area contributed by atoms with Gasteiger partial charge in [0.2, 0.25) is 0 Å². The van der Waals surface area contributed by atoms with E-state index in [4.69, 9.17) is 4.74 Å². The molecule has 0 aliphatic carbocycles. The van der Waals surface area contributed by atoms with Gasteiger partial charge in [0.1, 0.15) is 5.75 Å². The third kappa shape index (κ3) is 3.47. The Kier molecular flexibility index (Phi) is 5.01. The number of aryl methyl sites for hydroxylation is 1. The molecule has 0 aliphatic rings. The van der Waals surface area contributed by atoms with Crippen molar-refractivity contribution in [3.8, 4) is 5.75 Å². The van der Waals surface area contributed by atoms with Crippen LogP contribution in [0.4, 0.5) is 0 Å². The fraction of sp³-hybridized carbons (Fsp3) is 0.600. The molecule has 0 heterocycles. The molecule has 0 saturated heterocycles. The Morgan fingerprint density at radius 3 is 2.41 bits per heavy atom. The van der Waals surface area contributed by atoms with E-state index < -0.39 is 0 Å². The van der Waals surface area contributed by atoms with Crippen molar-refractivity contribution in [1.29, 1.82) is 0 Å². The molecule has 0 unspecified atom stereocenters. The molecule has 0 amide bonds. The molecule has 96 valence electrons. The van der Waals surface area contributed by atoms with Gasteiger partial charge in [-0.3, -0.25) is 0 Å². The number of benzene rings is 1. The first-order chi connectivity index (χ1) is 7.99. The van der Waals surface area contributed by atoms with Gasteiger partial charge in [0.25, 0.3) is 0 Å². The van der Waals surface area contributed by atoms with Crippen LogP contribution in [0.15, 0.2) is 12.1 Å². The lowest BCUT2D eigenvalue weighted by Crippen LogP contribution is -2.17. The highest BCUT2D eigenvalue weighted by Gasteiger charge is 2.11. The van der Waals surface area contributed by atoms with Crippen molar-refractivity contribution in [3.05, 3.63) is 28.8 Å². The van der Waals surface area contributed by atoms with E-state index >= 15 is 0 Å². The molecular weight excluding hydrogens is 210 g/mol. The minimum Gasteiger partial charge on any atom is -0.496 e. The zero-order valence-corrected chi connectivity index (χ0v) is 12.0. The molecule has 0 saturated carbocycles. The summed E-state index contributed by atoms with van der Waals surface area (Å²) in [7, 11) is 3.90. The van der Waals surface area contributed by atoms with E-state index in [9.17, 15) is 0 Å². The first-order valence-electron chi connectivity index (χ1n) is 6.35. The van der Waals surface area contributed by atoms with Crippen LogP contribution in [0.2, 0.25) is 0 Å². The van der Waals surface area contributed by atoms with Crippen LogP contribution < -0.4 is 4.74 Å². The molecule has 2 nitrogen and oxygen atoms in total. The van der Waals surface area contributed by atoms with Crippen molar-refractivity contribution >= 4 is 0 Å². The Morgan fingerprint density at radius 2 is 1.94 bits per heavy atom. The normalized spacial score (nSPS) is 11.3. The molecule has 0 radical (unpaired) electrons. The topological polar surface area (TPSA) is 12.5 Å². The number of ether oxygens (including phenoxy) is 1. The Labute approximate surface area is 106 Å². The summed E-state index contributed by atoms with van der Waals surface area (Å²) in [5.74, 6) is 1.51. The minimum absolute atomic E-state index is 0.497. The summed E-state index contributed by atoms with van der Waals surface area (Å²) < 4.78 is 5.46. The molecular formula is C15H25NO. The van der Waals surface area contributed by atoms with Gasteiger partial charge in [-0.1, -0.05) is 26.8 Å². The summed E-state index contributed by atoms with van der Waals surface area (Å²) in [6.45, 7) is 10.8. The maximum absolute atomic E-state index is 5.46. The van der Waals surface area contributed by atoms with Crippen LogP contribution in [-0.2, 0) is 6.54 Å². The standard InChI is InChI=1S/C15H25NO/c1-7-16(5)10-13-9-14(11(2)3)15(17-6)8-12(13)4/h8-9,11H,7,10H2,1-6H3. The van der Waals surface area contributed by atoms with Crippen molar-refractivity contribution in [2.75, 3.05) is 20.7 Å². The fourth-order valence-corrected chi connectivity index (χ4v) is 1.95. The zero-order valence-electron chi connectivity index (χ0n) is 12.0. The number of methoxy groups -OCH3 is 1. The van der Waals surface area contributed by atoms with Crippen LogP contribution in [0.3, 0.4) is 0 Å². The number of hydrogen-bond acceptors (Lipinski definition) is 2. The molecule has 0 atom stereocenters. The second-order valence-corrected chi connectivity index (χ2v) is 5.01. The van der Waals surface area contributed by atoms with E-state index in [1.165, 1.54) is 16.7 Å². The van der Waals surface area contributed by atoms with E-state index in [0.29, 0.717) is 5.92 Å². The van der Waals surface area contributed by atoms with Crippen LogP contribution in [0, 0.1) is 6.92 Å². The quantitative estimate of drug-likeness (QED) is 0.773. The highest BCUT2D eigenvalue weighted by atomic mass is 16.5. The zero-order chi connectivity index (χ0) is 13.0. The first kappa shape index (κ1) is 14.0. The van der Waals surface area contributed by atoms with Crippen LogP contribution in [0.5, 0.6) is 5.75 Å². The largest absolute Gasteiger partial charge is 0.496 e. The van der Waals surface area contributed by atoms with Gasteiger partial charge in [0.15, 0.2) is 0 Å². The summed E-state index contributed by atoms with van der Waals surface area (Å²) in [6.07, 6.45) is 0. The SMILES string of the molecule is CCN(C)Cc1cc(C(C)C)c(OC)cc1C. The second kappa shape index (κ2) is 6.06. The molecule has 0 aliphatic heterocycles. The Bertz CT molecular complexity index is 371. The minimum atomic E-state index is 0.497. The molecule has 0 N–H and O–H groups in total. The average Bonchev–Trinajstić information content (AvgIpc) is 2.30. The smallest absolute Gasteiger partial charge is 0.122 e. The fourth-order valence-electron chi connectivity index (χ4n) is 1.95. The molecule has 0 fully saturated rings. The summed E-state index contributed by atoms with van der Waals surface area (Å²) in [4.78, 5) is 2.32. The van der Waals surface area contributed by atoms with E-state index in [1.54, 1.807) is 7.11 Å². The molecule has 2 heteroatoms. The van der Waals surface area contributed by atoms with E-state index in [1.807, 2.05) is 0 Å². The van der Waals surface area contributed by atoms with Gasteiger partial charge in [-0.2, -0.15) is 0 Å². The summed E-state index contributed by atoms with van der Waals surface area (Å²) in [5.41, 5.74) is 4.02. The van der Waals surface area contributed by atoms with Crippen molar-refractivity contribution in [1.82, 2.24) is 4.90 Å². The Balaban J connectivity index is 3.10. The second-order valence-electron chi connectivity index (χ2n) is 5.01. The van der Waals surface area contributed by atoms with Crippen LogP contribution in [0.25, 0.3) is 0 Å². The highest BCUT2D eigenvalue weighted by molar-refractivity contribution is 5.43. The first-order valence-corrected chi connectivity index (χ1v) is 6.35. The van der Waals surface area contributed by atoms with Crippen molar-refractivity contribution in [3.63, 3.8) is 0 Å². The molecule has 0 spiro atoms. The molecule has 0 aromatic heterocycles. The van der Waals surface area contributed by atoms with Gasteiger partial charge in [0.05, 0.1) is 7.11 Å². The Hall–Kier alpha value is -1.02. The maximum Gasteiger partial charge on any atom is 0.122 e. The third-order valence-corrected chi connectivity index (χ3v) is 3.29. The third-order valence-electron chi connectivity index (χ3n) is 3.29.